The van der Waals surface area contributed by atoms with Gasteiger partial charge in [-0.25, -0.2) is 0 Å². The topological polar surface area (TPSA) is 21.7 Å². The van der Waals surface area contributed by atoms with E-state index in [9.17, 15) is 0 Å². The Morgan fingerprint density at radius 2 is 2.00 bits per heavy atom. The number of likely N-dealkylation sites (N-methyl/N-ethyl adjacent to an activating group) is 1. The number of hydrogen-bond donors (Lipinski definition) is 0. The average Bonchev–Trinajstić information content (AvgIpc) is 1.87. The smallest absolute Gasteiger partial charge is 0.0780 e. The van der Waals surface area contributed by atoms with E-state index in [1.807, 2.05) is 21.0 Å². The maximum Gasteiger partial charge on any atom is 0.0780 e. The third kappa shape index (κ3) is 7.78. The summed E-state index contributed by atoms with van der Waals surface area (Å²) in [6.07, 6.45) is 0.208. The van der Waals surface area contributed by atoms with Gasteiger partial charge in [-0.15, -0.1) is 0 Å². The Bertz CT molecular complexity index is 86.2. The molecule has 0 aromatic carbocycles. The largest absolute Gasteiger partial charge is 0.382 e. The van der Waals surface area contributed by atoms with Gasteiger partial charge in [0.2, 0.25) is 0 Å². The molecule has 0 saturated carbocycles. The van der Waals surface area contributed by atoms with E-state index in [0.29, 0.717) is 6.61 Å². The van der Waals surface area contributed by atoms with Gasteiger partial charge >= 0.3 is 0 Å². The lowest BCUT2D eigenvalue weighted by molar-refractivity contribution is 0.00423. The highest BCUT2D eigenvalue weighted by Crippen LogP contribution is 1.90. The second-order valence-electron chi connectivity index (χ2n) is 2.94. The Hall–Kier alpha value is -0.120. The van der Waals surface area contributed by atoms with Crippen LogP contribution < -0.4 is 0 Å². The van der Waals surface area contributed by atoms with Crippen molar-refractivity contribution in [2.24, 2.45) is 0 Å². The molecule has 0 aliphatic heterocycles. The van der Waals surface area contributed by atoms with E-state index in [0.717, 1.165) is 13.2 Å². The van der Waals surface area contributed by atoms with Crippen molar-refractivity contribution in [1.29, 1.82) is 0 Å². The van der Waals surface area contributed by atoms with Gasteiger partial charge in [-0.1, -0.05) is 0 Å². The molecule has 0 spiro atoms. The molecular weight excluding hydrogens is 142 g/mol. The maximum absolute atomic E-state index is 5.43. The van der Waals surface area contributed by atoms with Crippen LogP contribution in [0.2, 0.25) is 0 Å². The summed E-state index contributed by atoms with van der Waals surface area (Å²) >= 11 is 0. The second-order valence-corrected chi connectivity index (χ2v) is 2.94. The first kappa shape index (κ1) is 10.9. The van der Waals surface area contributed by atoms with Crippen LogP contribution in [0.15, 0.2) is 0 Å². The fourth-order valence-electron chi connectivity index (χ4n) is 0.719. The minimum atomic E-state index is 0.208. The SMILES string of the molecule is COCC(C)OCCN(C)C. The Balaban J connectivity index is 3.10. The maximum atomic E-state index is 5.43. The first-order chi connectivity index (χ1) is 5.16. The summed E-state index contributed by atoms with van der Waals surface area (Å²) in [5.74, 6) is 0. The van der Waals surface area contributed by atoms with Crippen LogP contribution in [-0.2, 0) is 9.47 Å². The van der Waals surface area contributed by atoms with Gasteiger partial charge in [-0.05, 0) is 21.0 Å². The van der Waals surface area contributed by atoms with E-state index in [-0.39, 0.29) is 6.10 Å². The molecule has 0 heterocycles. The molecule has 0 aliphatic carbocycles. The molecule has 3 nitrogen and oxygen atoms in total. The zero-order valence-corrected chi connectivity index (χ0v) is 7.96. The van der Waals surface area contributed by atoms with Crippen molar-refractivity contribution in [2.45, 2.75) is 13.0 Å². The summed E-state index contributed by atoms with van der Waals surface area (Å²) in [5.41, 5.74) is 0. The molecule has 3 heteroatoms. The lowest BCUT2D eigenvalue weighted by Gasteiger charge is -2.14. The van der Waals surface area contributed by atoms with Gasteiger partial charge in [0.15, 0.2) is 0 Å². The van der Waals surface area contributed by atoms with E-state index >= 15 is 0 Å². The van der Waals surface area contributed by atoms with Gasteiger partial charge in [0.1, 0.15) is 0 Å². The van der Waals surface area contributed by atoms with Gasteiger partial charge in [0, 0.05) is 13.7 Å². The fraction of sp³-hybridized carbons (Fsp3) is 1.00. The molecule has 1 unspecified atom stereocenters. The molecular formula is C8H19NO2. The van der Waals surface area contributed by atoms with Crippen LogP contribution in [-0.4, -0.2) is 52.0 Å². The van der Waals surface area contributed by atoms with Crippen molar-refractivity contribution >= 4 is 0 Å². The van der Waals surface area contributed by atoms with Crippen molar-refractivity contribution in [2.75, 3.05) is 41.0 Å². The minimum Gasteiger partial charge on any atom is -0.382 e. The molecule has 11 heavy (non-hydrogen) atoms. The van der Waals surface area contributed by atoms with E-state index in [1.54, 1.807) is 7.11 Å². The van der Waals surface area contributed by atoms with E-state index in [2.05, 4.69) is 4.90 Å². The van der Waals surface area contributed by atoms with E-state index in [1.165, 1.54) is 0 Å². The first-order valence-electron chi connectivity index (χ1n) is 3.92. The van der Waals surface area contributed by atoms with Crippen molar-refractivity contribution in [1.82, 2.24) is 4.90 Å². The van der Waals surface area contributed by atoms with Gasteiger partial charge < -0.3 is 14.4 Å². The lowest BCUT2D eigenvalue weighted by atomic mass is 10.4. The van der Waals surface area contributed by atoms with Crippen molar-refractivity contribution in [3.63, 3.8) is 0 Å². The Morgan fingerprint density at radius 1 is 1.36 bits per heavy atom. The van der Waals surface area contributed by atoms with Gasteiger partial charge in [0.05, 0.1) is 19.3 Å². The predicted molar refractivity (Wildman–Crippen MR) is 45.8 cm³/mol. The van der Waals surface area contributed by atoms with Crippen molar-refractivity contribution < 1.29 is 9.47 Å². The molecule has 0 amide bonds. The first-order valence-corrected chi connectivity index (χ1v) is 3.92. The van der Waals surface area contributed by atoms with Crippen LogP contribution in [0.1, 0.15) is 6.92 Å². The molecule has 0 rings (SSSR count). The highest BCUT2D eigenvalue weighted by atomic mass is 16.5. The molecule has 0 aromatic heterocycles. The Kier molecular flexibility index (Phi) is 6.51. The fourth-order valence-corrected chi connectivity index (χ4v) is 0.719. The van der Waals surface area contributed by atoms with Crippen LogP contribution in [0.4, 0.5) is 0 Å². The number of ether oxygens (including phenoxy) is 2. The van der Waals surface area contributed by atoms with Crippen LogP contribution in [0, 0.1) is 0 Å². The highest BCUT2D eigenvalue weighted by Gasteiger charge is 1.99. The summed E-state index contributed by atoms with van der Waals surface area (Å²) in [6, 6.07) is 0. The third-order valence-electron chi connectivity index (χ3n) is 1.34. The number of nitrogens with zero attached hydrogens (tertiary/aromatic N) is 1. The van der Waals surface area contributed by atoms with Crippen molar-refractivity contribution in [3.05, 3.63) is 0 Å². The molecule has 68 valence electrons. The lowest BCUT2D eigenvalue weighted by Crippen LogP contribution is -2.23. The third-order valence-corrected chi connectivity index (χ3v) is 1.34. The summed E-state index contributed by atoms with van der Waals surface area (Å²) in [4.78, 5) is 2.10. The highest BCUT2D eigenvalue weighted by molar-refractivity contribution is 4.47. The normalized spacial score (nSPS) is 13.9. The molecule has 0 radical (unpaired) electrons. The summed E-state index contributed by atoms with van der Waals surface area (Å²) in [5, 5.41) is 0. The zero-order valence-electron chi connectivity index (χ0n) is 7.96. The zero-order chi connectivity index (χ0) is 8.69. The second kappa shape index (κ2) is 6.58. The van der Waals surface area contributed by atoms with Gasteiger partial charge in [0.25, 0.3) is 0 Å². The van der Waals surface area contributed by atoms with Gasteiger partial charge in [-0.3, -0.25) is 0 Å². The monoisotopic (exact) mass is 161 g/mol. The Morgan fingerprint density at radius 3 is 2.45 bits per heavy atom. The molecule has 0 aromatic rings. The van der Waals surface area contributed by atoms with Gasteiger partial charge in [-0.2, -0.15) is 0 Å². The summed E-state index contributed by atoms with van der Waals surface area (Å²) < 4.78 is 10.3. The number of rotatable bonds is 6. The standard InChI is InChI=1S/C8H19NO2/c1-8(7-10-4)11-6-5-9(2)3/h8H,5-7H2,1-4H3. The number of hydrogen-bond acceptors (Lipinski definition) is 3. The quantitative estimate of drug-likeness (QED) is 0.569. The Labute approximate surface area is 69.3 Å². The van der Waals surface area contributed by atoms with E-state index in [4.69, 9.17) is 9.47 Å². The average molecular weight is 161 g/mol. The van der Waals surface area contributed by atoms with Crippen LogP contribution in [0.25, 0.3) is 0 Å². The van der Waals surface area contributed by atoms with Crippen LogP contribution in [0.5, 0.6) is 0 Å². The number of methoxy groups -OCH3 is 1. The molecule has 0 saturated heterocycles. The summed E-state index contributed by atoms with van der Waals surface area (Å²) in [6.45, 7) is 4.43. The minimum absolute atomic E-state index is 0.208. The van der Waals surface area contributed by atoms with Crippen LogP contribution >= 0.6 is 0 Å². The molecule has 0 N–H and O–H groups in total. The predicted octanol–water partition coefficient (Wildman–Crippen LogP) is 0.600. The van der Waals surface area contributed by atoms with Crippen molar-refractivity contribution in [3.8, 4) is 0 Å². The molecule has 0 bridgehead atoms. The molecule has 0 aliphatic rings. The van der Waals surface area contributed by atoms with E-state index < -0.39 is 0 Å². The molecule has 1 atom stereocenters. The van der Waals surface area contributed by atoms with Crippen LogP contribution in [0.3, 0.4) is 0 Å². The summed E-state index contributed by atoms with van der Waals surface area (Å²) in [7, 11) is 5.75. The molecule has 0 fully saturated rings.